The topological polar surface area (TPSA) is 20.2 Å². The third-order valence-electron chi connectivity index (χ3n) is 2.93. The van der Waals surface area contributed by atoms with E-state index in [1.54, 1.807) is 6.92 Å². The highest BCUT2D eigenvalue weighted by Crippen LogP contribution is 2.23. The lowest BCUT2D eigenvalue weighted by atomic mass is 10.2. The minimum atomic E-state index is -0.434. The van der Waals surface area contributed by atoms with Crippen molar-refractivity contribution in [2.24, 2.45) is 0 Å². The molecular formula is C12H27Cl2NO. The number of nitrogens with zero attached hydrogens (tertiary/aromatic N) is 1. The van der Waals surface area contributed by atoms with Gasteiger partial charge in [0.1, 0.15) is 6.10 Å². The van der Waals surface area contributed by atoms with E-state index in [0.717, 1.165) is 43.4 Å². The maximum atomic E-state index is 9.69. The van der Waals surface area contributed by atoms with Crippen molar-refractivity contribution < 1.29 is 22.0 Å². The monoisotopic (exact) mass is 271 g/mol. The molecule has 0 saturated heterocycles. The van der Waals surface area contributed by atoms with E-state index in [9.17, 15) is 5.11 Å². The van der Waals surface area contributed by atoms with Gasteiger partial charge in [-0.15, -0.1) is 0 Å². The summed E-state index contributed by atoms with van der Waals surface area (Å²) in [6, 6.07) is 0. The van der Waals surface area contributed by atoms with Crippen LogP contribution in [0.25, 0.3) is 0 Å². The molecule has 2 atom stereocenters. The summed E-state index contributed by atoms with van der Waals surface area (Å²) in [6.45, 7) is 11.6. The molecule has 0 aliphatic rings. The molecule has 2 unspecified atom stereocenters. The van der Waals surface area contributed by atoms with Crippen LogP contribution >= 0.6 is 11.6 Å². The standard InChI is InChI=1S/C12H27ClNO.ClH/c1-5-8-14(9-6-2,10-7-3)12(13)11(4)15;/h11-12,15H,5-10H2,1-4H3;1H/q+1;/p-1. The van der Waals surface area contributed by atoms with E-state index in [0.29, 0.717) is 0 Å². The second-order valence-corrected chi connectivity index (χ2v) is 4.95. The van der Waals surface area contributed by atoms with Gasteiger partial charge in [0, 0.05) is 0 Å². The van der Waals surface area contributed by atoms with Crippen LogP contribution in [0.15, 0.2) is 0 Å². The number of aliphatic hydroxyl groups is 1. The summed E-state index contributed by atoms with van der Waals surface area (Å²) in [7, 11) is 0. The fourth-order valence-electron chi connectivity index (χ4n) is 2.50. The van der Waals surface area contributed by atoms with Gasteiger partial charge in [0.05, 0.1) is 19.6 Å². The number of halogens is 2. The lowest BCUT2D eigenvalue weighted by Gasteiger charge is -2.43. The van der Waals surface area contributed by atoms with Crippen LogP contribution in [0.2, 0.25) is 0 Å². The molecule has 0 aromatic rings. The normalized spacial score (nSPS) is 15.4. The van der Waals surface area contributed by atoms with E-state index in [1.165, 1.54) is 0 Å². The van der Waals surface area contributed by atoms with E-state index in [4.69, 9.17) is 11.6 Å². The Hall–Kier alpha value is 0.500. The zero-order valence-electron chi connectivity index (χ0n) is 11.0. The number of aliphatic hydroxyl groups excluding tert-OH is 1. The highest BCUT2D eigenvalue weighted by atomic mass is 35.5. The molecule has 16 heavy (non-hydrogen) atoms. The summed E-state index contributed by atoms with van der Waals surface area (Å²) in [5.41, 5.74) is -0.162. The van der Waals surface area contributed by atoms with E-state index in [-0.39, 0.29) is 17.9 Å². The Morgan fingerprint density at radius 3 is 1.50 bits per heavy atom. The molecule has 0 fully saturated rings. The summed E-state index contributed by atoms with van der Waals surface area (Å²) >= 11 is 6.40. The minimum absolute atomic E-state index is 0. The van der Waals surface area contributed by atoms with Crippen LogP contribution < -0.4 is 12.4 Å². The van der Waals surface area contributed by atoms with Gasteiger partial charge in [-0.2, -0.15) is 0 Å². The van der Waals surface area contributed by atoms with Crippen LogP contribution in [0.3, 0.4) is 0 Å². The predicted molar refractivity (Wildman–Crippen MR) is 67.1 cm³/mol. The van der Waals surface area contributed by atoms with Gasteiger partial charge >= 0.3 is 0 Å². The van der Waals surface area contributed by atoms with Crippen molar-refractivity contribution in [1.29, 1.82) is 0 Å². The first kappa shape index (κ1) is 18.9. The maximum Gasteiger partial charge on any atom is 0.190 e. The quantitative estimate of drug-likeness (QED) is 0.374. The molecule has 1 N–H and O–H groups in total. The van der Waals surface area contributed by atoms with E-state index >= 15 is 0 Å². The first-order chi connectivity index (χ1) is 7.04. The van der Waals surface area contributed by atoms with Crippen molar-refractivity contribution in [3.63, 3.8) is 0 Å². The second kappa shape index (κ2) is 9.52. The van der Waals surface area contributed by atoms with Crippen molar-refractivity contribution in [2.45, 2.75) is 58.6 Å². The molecular weight excluding hydrogens is 245 g/mol. The van der Waals surface area contributed by atoms with Gasteiger partial charge in [-0.05, 0) is 26.2 Å². The van der Waals surface area contributed by atoms with Crippen LogP contribution in [0.4, 0.5) is 0 Å². The molecule has 0 bridgehead atoms. The molecule has 100 valence electrons. The predicted octanol–water partition coefficient (Wildman–Crippen LogP) is -0.0171. The Bertz CT molecular complexity index is 148. The minimum Gasteiger partial charge on any atom is -1.00 e. The second-order valence-electron chi connectivity index (χ2n) is 4.50. The summed E-state index contributed by atoms with van der Waals surface area (Å²) in [5.74, 6) is 0. The SMILES string of the molecule is CCC[N+](CCC)(CCC)C(Cl)C(C)O.[Cl-]. The molecule has 0 amide bonds. The molecule has 0 aliphatic carbocycles. The number of hydrogen-bond donors (Lipinski definition) is 1. The van der Waals surface area contributed by atoms with Crippen LogP contribution in [0.5, 0.6) is 0 Å². The molecule has 0 radical (unpaired) electrons. The smallest absolute Gasteiger partial charge is 0.190 e. The van der Waals surface area contributed by atoms with Crippen LogP contribution in [-0.2, 0) is 0 Å². The largest absolute Gasteiger partial charge is 1.00 e. The van der Waals surface area contributed by atoms with Crippen molar-refractivity contribution in [3.8, 4) is 0 Å². The van der Waals surface area contributed by atoms with Crippen molar-refractivity contribution >= 4 is 11.6 Å². The van der Waals surface area contributed by atoms with Crippen LogP contribution in [0, 0.1) is 0 Å². The summed E-state index contributed by atoms with van der Waals surface area (Å²) in [4.78, 5) is 0. The van der Waals surface area contributed by atoms with Crippen molar-refractivity contribution in [2.75, 3.05) is 19.6 Å². The van der Waals surface area contributed by atoms with Gasteiger partial charge in [-0.3, -0.25) is 0 Å². The van der Waals surface area contributed by atoms with E-state index in [2.05, 4.69) is 20.8 Å². The Morgan fingerprint density at radius 2 is 1.31 bits per heavy atom. The average Bonchev–Trinajstić information content (AvgIpc) is 2.17. The highest BCUT2D eigenvalue weighted by Gasteiger charge is 2.36. The van der Waals surface area contributed by atoms with Gasteiger partial charge in [0.15, 0.2) is 5.50 Å². The molecule has 2 nitrogen and oxygen atoms in total. The van der Waals surface area contributed by atoms with Crippen molar-refractivity contribution in [1.82, 2.24) is 0 Å². The lowest BCUT2D eigenvalue weighted by Crippen LogP contribution is -3.00. The Morgan fingerprint density at radius 1 is 1.00 bits per heavy atom. The zero-order chi connectivity index (χ0) is 11.9. The van der Waals surface area contributed by atoms with Gasteiger partial charge in [0.2, 0.25) is 0 Å². The number of quaternary nitrogens is 1. The van der Waals surface area contributed by atoms with Gasteiger partial charge < -0.3 is 22.0 Å². The molecule has 0 aromatic carbocycles. The van der Waals surface area contributed by atoms with E-state index < -0.39 is 6.10 Å². The Labute approximate surface area is 112 Å². The average molecular weight is 272 g/mol. The van der Waals surface area contributed by atoms with E-state index in [1.807, 2.05) is 0 Å². The Balaban J connectivity index is 0. The Kier molecular flexibility index (Phi) is 11.2. The van der Waals surface area contributed by atoms with Gasteiger partial charge in [0.25, 0.3) is 0 Å². The third kappa shape index (κ3) is 5.22. The summed E-state index contributed by atoms with van der Waals surface area (Å²) in [5, 5.41) is 9.69. The molecule has 0 rings (SSSR count). The molecule has 0 saturated carbocycles. The number of hydrogen-bond acceptors (Lipinski definition) is 1. The third-order valence-corrected chi connectivity index (χ3v) is 3.71. The fraction of sp³-hybridized carbons (Fsp3) is 1.00. The summed E-state index contributed by atoms with van der Waals surface area (Å²) in [6.07, 6.45) is 2.93. The molecule has 4 heteroatoms. The van der Waals surface area contributed by atoms with Crippen LogP contribution in [0.1, 0.15) is 47.0 Å². The first-order valence-electron chi connectivity index (χ1n) is 6.22. The molecule has 0 aliphatic heterocycles. The van der Waals surface area contributed by atoms with Gasteiger partial charge in [-0.1, -0.05) is 32.4 Å². The maximum absolute atomic E-state index is 9.69. The van der Waals surface area contributed by atoms with Crippen molar-refractivity contribution in [3.05, 3.63) is 0 Å². The fourth-order valence-corrected chi connectivity index (χ4v) is 2.79. The number of rotatable bonds is 8. The van der Waals surface area contributed by atoms with Gasteiger partial charge in [-0.25, -0.2) is 0 Å². The zero-order valence-corrected chi connectivity index (χ0v) is 12.6. The molecule has 0 heterocycles. The van der Waals surface area contributed by atoms with Crippen LogP contribution in [-0.4, -0.2) is 40.8 Å². The lowest BCUT2D eigenvalue weighted by molar-refractivity contribution is -0.942. The first-order valence-corrected chi connectivity index (χ1v) is 6.65. The number of alkyl halides is 1. The summed E-state index contributed by atoms with van der Waals surface area (Å²) < 4.78 is 0.864. The molecule has 0 spiro atoms. The highest BCUT2D eigenvalue weighted by molar-refractivity contribution is 6.20. The molecule has 0 aromatic heterocycles.